The van der Waals surface area contributed by atoms with Gasteiger partial charge in [-0.15, -0.1) is 0 Å². The number of carbonyl (C=O) groups is 1. The Hall–Kier alpha value is -1.78. The Morgan fingerprint density at radius 3 is 2.57 bits per heavy atom. The van der Waals surface area contributed by atoms with Gasteiger partial charge in [-0.3, -0.25) is 4.79 Å². The first-order chi connectivity index (χ1) is 9.93. The van der Waals surface area contributed by atoms with Gasteiger partial charge in [0.1, 0.15) is 11.6 Å². The molecule has 0 heterocycles. The summed E-state index contributed by atoms with van der Waals surface area (Å²) >= 11 is 12.1. The highest BCUT2D eigenvalue weighted by molar-refractivity contribution is 6.40. The SMILES string of the molecule is COc1ccc(C(=O)Nc2c(Cl)ccc(C)c2Cl)c(F)c1. The highest BCUT2D eigenvalue weighted by Gasteiger charge is 2.16. The summed E-state index contributed by atoms with van der Waals surface area (Å²) in [6, 6.07) is 7.31. The number of hydrogen-bond donors (Lipinski definition) is 1. The maximum absolute atomic E-state index is 13.9. The monoisotopic (exact) mass is 327 g/mol. The highest BCUT2D eigenvalue weighted by atomic mass is 35.5. The Bertz CT molecular complexity index is 704. The summed E-state index contributed by atoms with van der Waals surface area (Å²) in [5.41, 5.74) is 0.898. The van der Waals surface area contributed by atoms with Crippen LogP contribution in [0.1, 0.15) is 15.9 Å². The van der Waals surface area contributed by atoms with Gasteiger partial charge in [-0.1, -0.05) is 29.3 Å². The normalized spacial score (nSPS) is 10.3. The first kappa shape index (κ1) is 15.6. The zero-order valence-electron chi connectivity index (χ0n) is 11.3. The van der Waals surface area contributed by atoms with E-state index in [0.29, 0.717) is 10.8 Å². The van der Waals surface area contributed by atoms with Crippen molar-refractivity contribution in [2.45, 2.75) is 6.92 Å². The predicted octanol–water partition coefficient (Wildman–Crippen LogP) is 4.70. The predicted molar refractivity (Wildman–Crippen MR) is 82.1 cm³/mol. The largest absolute Gasteiger partial charge is 0.497 e. The Balaban J connectivity index is 2.33. The summed E-state index contributed by atoms with van der Waals surface area (Å²) in [5.74, 6) is -0.994. The number of aryl methyl sites for hydroxylation is 1. The molecule has 0 saturated carbocycles. The number of nitrogens with one attached hydrogen (secondary N) is 1. The van der Waals surface area contributed by atoms with Gasteiger partial charge in [0.25, 0.3) is 5.91 Å². The lowest BCUT2D eigenvalue weighted by Crippen LogP contribution is -2.14. The fourth-order valence-corrected chi connectivity index (χ4v) is 2.22. The van der Waals surface area contributed by atoms with E-state index in [1.165, 1.54) is 19.2 Å². The number of anilines is 1. The van der Waals surface area contributed by atoms with E-state index in [1.54, 1.807) is 19.1 Å². The molecule has 0 fully saturated rings. The molecule has 110 valence electrons. The van der Waals surface area contributed by atoms with Crippen molar-refractivity contribution < 1.29 is 13.9 Å². The molecule has 2 aromatic carbocycles. The van der Waals surface area contributed by atoms with Gasteiger partial charge in [0.2, 0.25) is 0 Å². The lowest BCUT2D eigenvalue weighted by molar-refractivity contribution is 0.102. The molecule has 2 rings (SSSR count). The third-order valence-electron chi connectivity index (χ3n) is 2.94. The second-order valence-electron chi connectivity index (χ2n) is 4.35. The fraction of sp³-hybridized carbons (Fsp3) is 0.133. The zero-order valence-corrected chi connectivity index (χ0v) is 12.8. The van der Waals surface area contributed by atoms with Crippen molar-refractivity contribution in [3.8, 4) is 5.75 Å². The van der Waals surface area contributed by atoms with Crippen LogP contribution in [0.5, 0.6) is 5.75 Å². The molecule has 0 spiro atoms. The fourth-order valence-electron chi connectivity index (χ4n) is 1.76. The van der Waals surface area contributed by atoms with Gasteiger partial charge < -0.3 is 10.1 Å². The van der Waals surface area contributed by atoms with E-state index in [0.717, 1.165) is 11.6 Å². The van der Waals surface area contributed by atoms with Gasteiger partial charge in [-0.05, 0) is 30.7 Å². The van der Waals surface area contributed by atoms with E-state index < -0.39 is 11.7 Å². The highest BCUT2D eigenvalue weighted by Crippen LogP contribution is 2.33. The average molecular weight is 328 g/mol. The van der Waals surface area contributed by atoms with E-state index in [9.17, 15) is 9.18 Å². The van der Waals surface area contributed by atoms with E-state index in [1.807, 2.05) is 0 Å². The molecule has 2 aromatic rings. The maximum atomic E-state index is 13.9. The van der Waals surface area contributed by atoms with Crippen LogP contribution in [0, 0.1) is 12.7 Å². The topological polar surface area (TPSA) is 38.3 Å². The molecule has 6 heteroatoms. The van der Waals surface area contributed by atoms with Crippen molar-refractivity contribution in [3.63, 3.8) is 0 Å². The Morgan fingerprint density at radius 1 is 1.24 bits per heavy atom. The lowest BCUT2D eigenvalue weighted by Gasteiger charge is -2.12. The van der Waals surface area contributed by atoms with E-state index in [-0.39, 0.29) is 16.3 Å². The lowest BCUT2D eigenvalue weighted by atomic mass is 10.1. The third-order valence-corrected chi connectivity index (χ3v) is 3.75. The molecule has 0 aromatic heterocycles. The minimum Gasteiger partial charge on any atom is -0.497 e. The van der Waals surface area contributed by atoms with Crippen LogP contribution in [-0.2, 0) is 0 Å². The molecule has 0 aliphatic rings. The second kappa shape index (κ2) is 6.33. The van der Waals surface area contributed by atoms with Gasteiger partial charge in [0, 0.05) is 6.07 Å². The molecule has 21 heavy (non-hydrogen) atoms. The van der Waals surface area contributed by atoms with Crippen LogP contribution in [0.2, 0.25) is 10.0 Å². The standard InChI is InChI=1S/C15H12Cl2FNO2/c1-8-3-6-11(16)14(13(8)17)19-15(20)10-5-4-9(21-2)7-12(10)18/h3-7H,1-2H3,(H,19,20). The van der Waals surface area contributed by atoms with Gasteiger partial charge >= 0.3 is 0 Å². The first-order valence-electron chi connectivity index (χ1n) is 6.03. The number of ether oxygens (including phenoxy) is 1. The van der Waals surface area contributed by atoms with Gasteiger partial charge in [-0.2, -0.15) is 0 Å². The van der Waals surface area contributed by atoms with Crippen LogP contribution < -0.4 is 10.1 Å². The summed E-state index contributed by atoms with van der Waals surface area (Å²) in [6.07, 6.45) is 0. The maximum Gasteiger partial charge on any atom is 0.258 e. The first-order valence-corrected chi connectivity index (χ1v) is 6.79. The van der Waals surface area contributed by atoms with Crippen LogP contribution in [0.3, 0.4) is 0 Å². The molecule has 0 atom stereocenters. The van der Waals surface area contributed by atoms with Crippen molar-refractivity contribution in [2.75, 3.05) is 12.4 Å². The molecular formula is C15H12Cl2FNO2. The Kier molecular flexibility index (Phi) is 4.70. The molecular weight excluding hydrogens is 316 g/mol. The van der Waals surface area contributed by atoms with Crippen LogP contribution >= 0.6 is 23.2 Å². The minimum atomic E-state index is -0.688. The number of benzene rings is 2. The smallest absolute Gasteiger partial charge is 0.258 e. The van der Waals surface area contributed by atoms with Gasteiger partial charge in [0.05, 0.1) is 28.4 Å². The average Bonchev–Trinajstić information content (AvgIpc) is 2.47. The summed E-state index contributed by atoms with van der Waals surface area (Å²) in [5, 5.41) is 3.14. The number of halogens is 3. The molecule has 0 bridgehead atoms. The minimum absolute atomic E-state index is 0.121. The molecule has 3 nitrogen and oxygen atoms in total. The Labute approximate surface area is 131 Å². The van der Waals surface area contributed by atoms with Gasteiger partial charge in [-0.25, -0.2) is 4.39 Å². The molecule has 0 radical (unpaired) electrons. The summed E-state index contributed by atoms with van der Waals surface area (Å²) in [7, 11) is 1.42. The van der Waals surface area contributed by atoms with Gasteiger partial charge in [0.15, 0.2) is 0 Å². The van der Waals surface area contributed by atoms with E-state index in [2.05, 4.69) is 5.32 Å². The summed E-state index contributed by atoms with van der Waals surface area (Å²) < 4.78 is 18.8. The van der Waals surface area contributed by atoms with Crippen LogP contribution in [0.25, 0.3) is 0 Å². The van der Waals surface area contributed by atoms with Crippen molar-refractivity contribution in [3.05, 3.63) is 57.3 Å². The number of rotatable bonds is 3. The summed E-state index contributed by atoms with van der Waals surface area (Å²) in [4.78, 5) is 12.1. The van der Waals surface area contributed by atoms with E-state index in [4.69, 9.17) is 27.9 Å². The van der Waals surface area contributed by atoms with Crippen molar-refractivity contribution in [1.29, 1.82) is 0 Å². The Morgan fingerprint density at radius 2 is 1.95 bits per heavy atom. The number of hydrogen-bond acceptors (Lipinski definition) is 2. The van der Waals surface area contributed by atoms with E-state index >= 15 is 0 Å². The van der Waals surface area contributed by atoms with Crippen LogP contribution in [-0.4, -0.2) is 13.0 Å². The molecule has 1 amide bonds. The van der Waals surface area contributed by atoms with Crippen LogP contribution in [0.15, 0.2) is 30.3 Å². The molecule has 0 aliphatic carbocycles. The third kappa shape index (κ3) is 3.28. The molecule has 0 unspecified atom stereocenters. The number of amides is 1. The molecule has 0 saturated heterocycles. The second-order valence-corrected chi connectivity index (χ2v) is 5.14. The number of methoxy groups -OCH3 is 1. The summed E-state index contributed by atoms with van der Waals surface area (Å²) in [6.45, 7) is 1.78. The van der Waals surface area contributed by atoms with Crippen LogP contribution in [0.4, 0.5) is 10.1 Å². The molecule has 1 N–H and O–H groups in total. The van der Waals surface area contributed by atoms with Crippen molar-refractivity contribution in [2.24, 2.45) is 0 Å². The molecule has 0 aliphatic heterocycles. The van der Waals surface area contributed by atoms with Crippen molar-refractivity contribution in [1.82, 2.24) is 0 Å². The van der Waals surface area contributed by atoms with Crippen molar-refractivity contribution >= 4 is 34.8 Å². The zero-order chi connectivity index (χ0) is 15.6. The number of carbonyl (C=O) groups excluding carboxylic acids is 1. The quantitative estimate of drug-likeness (QED) is 0.887.